The second kappa shape index (κ2) is 5.57. The lowest BCUT2D eigenvalue weighted by Gasteiger charge is -2.36. The molecule has 0 amide bonds. The maximum Gasteiger partial charge on any atom is 0.132 e. The third-order valence-electron chi connectivity index (χ3n) is 4.52. The predicted octanol–water partition coefficient (Wildman–Crippen LogP) is 4.51. The summed E-state index contributed by atoms with van der Waals surface area (Å²) in [5, 5.41) is 10.7. The van der Waals surface area contributed by atoms with Gasteiger partial charge in [-0.25, -0.2) is 8.78 Å². The molecule has 0 spiro atoms. The van der Waals surface area contributed by atoms with Crippen LogP contribution in [0.3, 0.4) is 0 Å². The van der Waals surface area contributed by atoms with Crippen molar-refractivity contribution in [2.45, 2.75) is 37.2 Å². The van der Waals surface area contributed by atoms with Crippen LogP contribution in [0.1, 0.15) is 42.7 Å². The average Bonchev–Trinajstić information content (AvgIpc) is 2.48. The molecule has 3 heteroatoms. The summed E-state index contributed by atoms with van der Waals surface area (Å²) in [4.78, 5) is 0. The van der Waals surface area contributed by atoms with Crippen molar-refractivity contribution in [2.24, 2.45) is 0 Å². The molecule has 1 aliphatic rings. The number of benzene rings is 2. The van der Waals surface area contributed by atoms with Crippen molar-refractivity contribution >= 4 is 0 Å². The van der Waals surface area contributed by atoms with Gasteiger partial charge in [-0.05, 0) is 43.2 Å². The summed E-state index contributed by atoms with van der Waals surface area (Å²) in [5.41, 5.74) is 0.304. The highest BCUT2D eigenvalue weighted by molar-refractivity contribution is 5.27. The Bertz CT molecular complexity index is 616. The molecule has 0 atom stereocenters. The van der Waals surface area contributed by atoms with Crippen LogP contribution in [0.5, 0.6) is 0 Å². The van der Waals surface area contributed by atoms with Gasteiger partial charge in [-0.15, -0.1) is 0 Å². The zero-order valence-corrected chi connectivity index (χ0v) is 11.7. The van der Waals surface area contributed by atoms with E-state index in [1.165, 1.54) is 17.7 Å². The molecule has 1 fully saturated rings. The minimum Gasteiger partial charge on any atom is -0.385 e. The van der Waals surface area contributed by atoms with Crippen molar-refractivity contribution in [1.82, 2.24) is 0 Å². The molecule has 1 N–H and O–H groups in total. The van der Waals surface area contributed by atoms with E-state index in [9.17, 15) is 13.9 Å². The van der Waals surface area contributed by atoms with Crippen LogP contribution in [-0.4, -0.2) is 5.11 Å². The second-order valence-electron chi connectivity index (χ2n) is 5.84. The number of hydrogen-bond acceptors (Lipinski definition) is 1. The average molecular weight is 288 g/mol. The molecular formula is C18H18F2O. The summed E-state index contributed by atoms with van der Waals surface area (Å²) in [5.74, 6) is -0.872. The monoisotopic (exact) mass is 288 g/mol. The highest BCUT2D eigenvalue weighted by Crippen LogP contribution is 2.43. The molecule has 1 nitrogen and oxygen atoms in total. The minimum atomic E-state index is -1.18. The van der Waals surface area contributed by atoms with Crippen molar-refractivity contribution < 1.29 is 13.9 Å². The lowest BCUT2D eigenvalue weighted by atomic mass is 9.73. The molecule has 110 valence electrons. The summed E-state index contributed by atoms with van der Waals surface area (Å²) >= 11 is 0. The highest BCUT2D eigenvalue weighted by atomic mass is 19.1. The molecule has 3 rings (SSSR count). The van der Waals surface area contributed by atoms with Crippen LogP contribution in [-0.2, 0) is 5.60 Å². The fourth-order valence-electron chi connectivity index (χ4n) is 3.29. The van der Waals surface area contributed by atoms with Gasteiger partial charge in [0.1, 0.15) is 11.6 Å². The normalized spacial score (nSPS) is 25.8. The van der Waals surface area contributed by atoms with Gasteiger partial charge in [0.2, 0.25) is 0 Å². The third-order valence-corrected chi connectivity index (χ3v) is 4.52. The Labute approximate surface area is 123 Å². The third kappa shape index (κ3) is 2.84. The fourth-order valence-corrected chi connectivity index (χ4v) is 3.29. The van der Waals surface area contributed by atoms with Gasteiger partial charge in [0.15, 0.2) is 0 Å². The first-order valence-corrected chi connectivity index (χ1v) is 7.31. The topological polar surface area (TPSA) is 20.2 Å². The molecule has 0 bridgehead atoms. The second-order valence-corrected chi connectivity index (χ2v) is 5.84. The predicted molar refractivity (Wildman–Crippen MR) is 77.9 cm³/mol. The van der Waals surface area contributed by atoms with Crippen LogP contribution in [0.4, 0.5) is 8.78 Å². The zero-order chi connectivity index (χ0) is 14.9. The van der Waals surface area contributed by atoms with E-state index in [0.29, 0.717) is 18.8 Å². The molecule has 0 unspecified atom stereocenters. The molecule has 0 heterocycles. The summed E-state index contributed by atoms with van der Waals surface area (Å²) in [7, 11) is 0. The maximum absolute atomic E-state index is 13.9. The molecule has 1 aliphatic carbocycles. The first-order chi connectivity index (χ1) is 10.1. The van der Waals surface area contributed by atoms with Gasteiger partial charge in [0.05, 0.1) is 5.60 Å². The lowest BCUT2D eigenvalue weighted by Crippen LogP contribution is -2.32. The first kappa shape index (κ1) is 14.2. The van der Waals surface area contributed by atoms with Crippen molar-refractivity contribution in [3.05, 3.63) is 71.3 Å². The van der Waals surface area contributed by atoms with Gasteiger partial charge in [0.25, 0.3) is 0 Å². The summed E-state index contributed by atoms with van der Waals surface area (Å²) < 4.78 is 26.9. The van der Waals surface area contributed by atoms with Crippen LogP contribution in [0, 0.1) is 11.6 Å². The van der Waals surface area contributed by atoms with E-state index in [0.717, 1.165) is 18.9 Å². The van der Waals surface area contributed by atoms with Crippen LogP contribution < -0.4 is 0 Å². The van der Waals surface area contributed by atoms with E-state index >= 15 is 0 Å². The van der Waals surface area contributed by atoms with Crippen LogP contribution in [0.2, 0.25) is 0 Å². The molecule has 2 aromatic rings. The van der Waals surface area contributed by atoms with E-state index in [1.54, 1.807) is 0 Å². The van der Waals surface area contributed by atoms with Gasteiger partial charge >= 0.3 is 0 Å². The Morgan fingerprint density at radius 2 is 1.62 bits per heavy atom. The standard InChI is InChI=1S/C18H18F2O/c19-15-6-7-16(17(20)12-15)18(21)10-8-14(9-11-18)13-4-2-1-3-5-13/h1-7,12,14,21H,8-11H2. The maximum atomic E-state index is 13.9. The van der Waals surface area contributed by atoms with Crippen molar-refractivity contribution in [3.63, 3.8) is 0 Å². The van der Waals surface area contributed by atoms with Gasteiger partial charge in [-0.1, -0.05) is 36.4 Å². The fraction of sp³-hybridized carbons (Fsp3) is 0.333. The molecular weight excluding hydrogens is 270 g/mol. The SMILES string of the molecule is OC1(c2ccc(F)cc2F)CCC(c2ccccc2)CC1. The highest BCUT2D eigenvalue weighted by Gasteiger charge is 2.37. The number of halogens is 2. The number of rotatable bonds is 2. The Morgan fingerprint density at radius 1 is 0.952 bits per heavy atom. The molecule has 0 aliphatic heterocycles. The minimum absolute atomic E-state index is 0.218. The van der Waals surface area contributed by atoms with Gasteiger partial charge in [-0.3, -0.25) is 0 Å². The first-order valence-electron chi connectivity index (χ1n) is 7.31. The van der Waals surface area contributed by atoms with E-state index in [4.69, 9.17) is 0 Å². The molecule has 2 aromatic carbocycles. The van der Waals surface area contributed by atoms with Crippen LogP contribution in [0.25, 0.3) is 0 Å². The quantitative estimate of drug-likeness (QED) is 0.862. The Hall–Kier alpha value is -1.74. The van der Waals surface area contributed by atoms with Crippen molar-refractivity contribution in [2.75, 3.05) is 0 Å². The zero-order valence-electron chi connectivity index (χ0n) is 11.7. The van der Waals surface area contributed by atoms with Crippen molar-refractivity contribution in [3.8, 4) is 0 Å². The number of hydrogen-bond donors (Lipinski definition) is 1. The largest absolute Gasteiger partial charge is 0.385 e. The summed E-state index contributed by atoms with van der Waals surface area (Å²) in [6, 6.07) is 13.6. The van der Waals surface area contributed by atoms with Crippen molar-refractivity contribution in [1.29, 1.82) is 0 Å². The van der Waals surface area contributed by atoms with E-state index < -0.39 is 17.2 Å². The summed E-state index contributed by atoms with van der Waals surface area (Å²) in [6.07, 6.45) is 2.60. The Morgan fingerprint density at radius 3 is 2.24 bits per heavy atom. The Kier molecular flexibility index (Phi) is 3.77. The molecule has 0 saturated heterocycles. The smallest absolute Gasteiger partial charge is 0.132 e. The van der Waals surface area contributed by atoms with Gasteiger partial charge < -0.3 is 5.11 Å². The van der Waals surface area contributed by atoms with Gasteiger partial charge in [0, 0.05) is 11.6 Å². The molecule has 0 aromatic heterocycles. The van der Waals surface area contributed by atoms with E-state index in [2.05, 4.69) is 12.1 Å². The van der Waals surface area contributed by atoms with Gasteiger partial charge in [-0.2, -0.15) is 0 Å². The lowest BCUT2D eigenvalue weighted by molar-refractivity contribution is -0.00875. The summed E-state index contributed by atoms with van der Waals surface area (Å²) in [6.45, 7) is 0. The molecule has 0 radical (unpaired) electrons. The van der Waals surface area contributed by atoms with Crippen LogP contribution in [0.15, 0.2) is 48.5 Å². The Balaban J connectivity index is 1.78. The van der Waals surface area contributed by atoms with E-state index in [1.807, 2.05) is 18.2 Å². The van der Waals surface area contributed by atoms with E-state index in [-0.39, 0.29) is 5.56 Å². The molecule has 21 heavy (non-hydrogen) atoms. The molecule has 1 saturated carbocycles. The van der Waals surface area contributed by atoms with Crippen LogP contribution >= 0.6 is 0 Å². The number of aliphatic hydroxyl groups is 1.